The van der Waals surface area contributed by atoms with Crippen LogP contribution in [-0.4, -0.2) is 34.8 Å². The Hall–Kier alpha value is -0.740. The summed E-state index contributed by atoms with van der Waals surface area (Å²) in [6, 6.07) is 0.597. The maximum Gasteiger partial charge on any atom is 0.140 e. The second-order valence-corrected chi connectivity index (χ2v) is 7.20. The van der Waals surface area contributed by atoms with Crippen LogP contribution in [-0.2, 0) is 11.2 Å². The minimum Gasteiger partial charge on any atom is -0.301 e. The fraction of sp³-hybridized carbons (Fsp3) is 0.733. The summed E-state index contributed by atoms with van der Waals surface area (Å²) in [5.41, 5.74) is 0. The number of hydrogen-bond acceptors (Lipinski definition) is 4. The van der Waals surface area contributed by atoms with Gasteiger partial charge in [0.25, 0.3) is 0 Å². The fourth-order valence-electron chi connectivity index (χ4n) is 2.78. The molecule has 2 rings (SSSR count). The zero-order chi connectivity index (χ0) is 13.8. The maximum absolute atomic E-state index is 12.1. The molecule has 19 heavy (non-hydrogen) atoms. The Kier molecular flexibility index (Phi) is 5.11. The zero-order valence-electron chi connectivity index (χ0n) is 12.2. The summed E-state index contributed by atoms with van der Waals surface area (Å²) in [4.78, 5) is 20.1. The van der Waals surface area contributed by atoms with Crippen LogP contribution in [0.2, 0.25) is 0 Å². The quantitative estimate of drug-likeness (QED) is 0.831. The van der Waals surface area contributed by atoms with E-state index in [2.05, 4.69) is 23.7 Å². The van der Waals surface area contributed by atoms with Gasteiger partial charge in [-0.3, -0.25) is 4.79 Å². The van der Waals surface area contributed by atoms with Gasteiger partial charge in [-0.15, -0.1) is 11.3 Å². The van der Waals surface area contributed by atoms with Gasteiger partial charge in [-0.2, -0.15) is 0 Å². The molecule has 1 aromatic rings. The van der Waals surface area contributed by atoms with E-state index in [9.17, 15) is 4.79 Å². The number of Topliss-reactive ketones (excluding diaryl/α,β-unsaturated/α-hetero) is 1. The number of ketones is 1. The molecule has 1 atom stereocenters. The van der Waals surface area contributed by atoms with Gasteiger partial charge in [-0.25, -0.2) is 4.98 Å². The third kappa shape index (κ3) is 4.39. The summed E-state index contributed by atoms with van der Waals surface area (Å²) in [5.74, 6) is 0.898. The van der Waals surface area contributed by atoms with Crippen molar-refractivity contribution in [2.24, 2.45) is 5.92 Å². The van der Waals surface area contributed by atoms with Gasteiger partial charge in [0.15, 0.2) is 0 Å². The molecule has 2 heterocycles. The molecule has 0 aliphatic carbocycles. The molecule has 1 aliphatic rings. The number of carbonyl (C=O) groups is 1. The van der Waals surface area contributed by atoms with E-state index in [1.165, 1.54) is 24.3 Å². The van der Waals surface area contributed by atoms with E-state index in [0.29, 0.717) is 24.2 Å². The summed E-state index contributed by atoms with van der Waals surface area (Å²) >= 11 is 1.64. The van der Waals surface area contributed by atoms with E-state index in [1.54, 1.807) is 11.3 Å². The first-order chi connectivity index (χ1) is 9.04. The standard InChI is InChI=1S/C15H24N2OS/c1-11(2)17-6-4-5-13(10-17)7-14(18)8-15-16-9-12(3)19-15/h9,11,13H,4-8,10H2,1-3H3/t13-/m0/s1. The predicted octanol–water partition coefficient (Wildman–Crippen LogP) is 3.07. The van der Waals surface area contributed by atoms with Crippen LogP contribution in [0, 0.1) is 12.8 Å². The number of aromatic nitrogens is 1. The Labute approximate surface area is 120 Å². The first-order valence-electron chi connectivity index (χ1n) is 7.21. The normalized spacial score (nSPS) is 20.9. The van der Waals surface area contributed by atoms with Crippen LogP contribution in [0.5, 0.6) is 0 Å². The van der Waals surface area contributed by atoms with Crippen molar-refractivity contribution in [3.63, 3.8) is 0 Å². The van der Waals surface area contributed by atoms with Crippen LogP contribution in [0.4, 0.5) is 0 Å². The topological polar surface area (TPSA) is 33.2 Å². The number of thiazole rings is 1. The molecule has 0 bridgehead atoms. The number of piperidine rings is 1. The monoisotopic (exact) mass is 280 g/mol. The van der Waals surface area contributed by atoms with Gasteiger partial charge in [-0.1, -0.05) is 0 Å². The summed E-state index contributed by atoms with van der Waals surface area (Å²) in [7, 11) is 0. The third-order valence-electron chi connectivity index (χ3n) is 3.81. The summed E-state index contributed by atoms with van der Waals surface area (Å²) < 4.78 is 0. The molecule has 1 fully saturated rings. The van der Waals surface area contributed by atoms with Crippen molar-refractivity contribution in [3.8, 4) is 0 Å². The van der Waals surface area contributed by atoms with Crippen LogP contribution in [0.3, 0.4) is 0 Å². The highest BCUT2D eigenvalue weighted by atomic mass is 32.1. The highest BCUT2D eigenvalue weighted by molar-refractivity contribution is 7.11. The van der Waals surface area contributed by atoms with Crippen molar-refractivity contribution < 1.29 is 4.79 Å². The SMILES string of the molecule is Cc1cnc(CC(=O)C[C@@H]2CCCN(C(C)C)C2)s1. The lowest BCUT2D eigenvalue weighted by Gasteiger charge is -2.35. The Morgan fingerprint density at radius 3 is 3.00 bits per heavy atom. The Balaban J connectivity index is 1.81. The van der Waals surface area contributed by atoms with Crippen LogP contribution < -0.4 is 0 Å². The number of carbonyl (C=O) groups excluding carboxylic acids is 1. The van der Waals surface area contributed by atoms with E-state index in [1.807, 2.05) is 13.1 Å². The van der Waals surface area contributed by atoms with E-state index < -0.39 is 0 Å². The fourth-order valence-corrected chi connectivity index (χ4v) is 3.59. The van der Waals surface area contributed by atoms with E-state index in [0.717, 1.165) is 18.0 Å². The molecule has 0 aromatic carbocycles. The molecule has 0 N–H and O–H groups in total. The first kappa shape index (κ1) is 14.7. The van der Waals surface area contributed by atoms with Crippen LogP contribution >= 0.6 is 11.3 Å². The molecule has 0 amide bonds. The number of hydrogen-bond donors (Lipinski definition) is 0. The summed E-state index contributed by atoms with van der Waals surface area (Å²) in [6.45, 7) is 8.78. The van der Waals surface area contributed by atoms with Gasteiger partial charge in [0, 0.05) is 30.1 Å². The molecule has 1 saturated heterocycles. The van der Waals surface area contributed by atoms with Gasteiger partial charge in [0.05, 0.1) is 6.42 Å². The number of rotatable bonds is 5. The molecule has 3 nitrogen and oxygen atoms in total. The lowest BCUT2D eigenvalue weighted by molar-refractivity contribution is -0.119. The van der Waals surface area contributed by atoms with Crippen LogP contribution in [0.25, 0.3) is 0 Å². The Morgan fingerprint density at radius 1 is 1.58 bits per heavy atom. The first-order valence-corrected chi connectivity index (χ1v) is 8.03. The van der Waals surface area contributed by atoms with E-state index in [-0.39, 0.29) is 0 Å². The number of likely N-dealkylation sites (tertiary alicyclic amines) is 1. The van der Waals surface area contributed by atoms with Crippen LogP contribution in [0.1, 0.15) is 43.0 Å². The lowest BCUT2D eigenvalue weighted by atomic mass is 9.91. The predicted molar refractivity (Wildman–Crippen MR) is 79.6 cm³/mol. The number of aryl methyl sites for hydroxylation is 1. The van der Waals surface area contributed by atoms with Crippen molar-refractivity contribution in [2.75, 3.05) is 13.1 Å². The molecule has 1 aliphatic heterocycles. The molecule has 0 saturated carbocycles. The van der Waals surface area contributed by atoms with Gasteiger partial charge in [0.1, 0.15) is 10.8 Å². The molecule has 0 unspecified atom stereocenters. The lowest BCUT2D eigenvalue weighted by Crippen LogP contribution is -2.40. The smallest absolute Gasteiger partial charge is 0.140 e. The molecule has 0 radical (unpaired) electrons. The van der Waals surface area contributed by atoms with Crippen molar-refractivity contribution in [3.05, 3.63) is 16.1 Å². The largest absolute Gasteiger partial charge is 0.301 e. The van der Waals surface area contributed by atoms with Gasteiger partial charge in [-0.05, 0) is 46.1 Å². The third-order valence-corrected chi connectivity index (χ3v) is 4.73. The minimum absolute atomic E-state index is 0.352. The Bertz CT molecular complexity index is 428. The van der Waals surface area contributed by atoms with Crippen molar-refractivity contribution >= 4 is 17.1 Å². The van der Waals surface area contributed by atoms with Gasteiger partial charge >= 0.3 is 0 Å². The highest BCUT2D eigenvalue weighted by Gasteiger charge is 2.23. The van der Waals surface area contributed by atoms with E-state index >= 15 is 0 Å². The Morgan fingerprint density at radius 2 is 2.37 bits per heavy atom. The average Bonchev–Trinajstić information content (AvgIpc) is 2.74. The minimum atomic E-state index is 0.352. The van der Waals surface area contributed by atoms with E-state index in [4.69, 9.17) is 0 Å². The second kappa shape index (κ2) is 6.62. The van der Waals surface area contributed by atoms with Gasteiger partial charge in [0.2, 0.25) is 0 Å². The number of nitrogens with zero attached hydrogens (tertiary/aromatic N) is 2. The molecule has 0 spiro atoms. The maximum atomic E-state index is 12.1. The summed E-state index contributed by atoms with van der Waals surface area (Å²) in [6.07, 6.45) is 5.53. The molecular weight excluding hydrogens is 256 g/mol. The van der Waals surface area contributed by atoms with Crippen molar-refractivity contribution in [2.45, 2.75) is 52.5 Å². The van der Waals surface area contributed by atoms with Crippen LogP contribution in [0.15, 0.2) is 6.20 Å². The average molecular weight is 280 g/mol. The molecule has 4 heteroatoms. The molecular formula is C15H24N2OS. The highest BCUT2D eigenvalue weighted by Crippen LogP contribution is 2.22. The van der Waals surface area contributed by atoms with Gasteiger partial charge < -0.3 is 4.90 Å². The van der Waals surface area contributed by atoms with Crippen molar-refractivity contribution in [1.82, 2.24) is 9.88 Å². The molecule has 106 valence electrons. The zero-order valence-corrected chi connectivity index (χ0v) is 13.0. The summed E-state index contributed by atoms with van der Waals surface area (Å²) in [5, 5.41) is 0.971. The molecule has 1 aromatic heterocycles. The van der Waals surface area contributed by atoms with Crippen molar-refractivity contribution in [1.29, 1.82) is 0 Å². The second-order valence-electron chi connectivity index (χ2n) is 5.88.